The first-order chi connectivity index (χ1) is 6.74. The highest BCUT2D eigenvalue weighted by Crippen LogP contribution is 2.12. The Hall–Kier alpha value is -1.97. The van der Waals surface area contributed by atoms with Crippen molar-refractivity contribution in [3.8, 4) is 0 Å². The van der Waals surface area contributed by atoms with Crippen molar-refractivity contribution in [2.45, 2.75) is 6.92 Å². The van der Waals surface area contributed by atoms with Gasteiger partial charge in [0.2, 0.25) is 0 Å². The van der Waals surface area contributed by atoms with Crippen LogP contribution in [0.25, 0.3) is 0 Å². The molecule has 0 aromatic heterocycles. The summed E-state index contributed by atoms with van der Waals surface area (Å²) in [6, 6.07) is 8.97. The Morgan fingerprint density at radius 1 is 1.36 bits per heavy atom. The van der Waals surface area contributed by atoms with Gasteiger partial charge in [-0.2, -0.15) is 5.11 Å². The molecule has 0 unspecified atom stereocenters. The molecule has 14 heavy (non-hydrogen) atoms. The van der Waals surface area contributed by atoms with E-state index in [1.54, 1.807) is 12.1 Å². The molecule has 0 spiro atoms. The molecule has 0 saturated heterocycles. The molecule has 0 radical (unpaired) electrons. The van der Waals surface area contributed by atoms with Crippen LogP contribution in [0.2, 0.25) is 0 Å². The first-order valence-electron chi connectivity index (χ1n) is 4.06. The number of Topliss-reactive ketones (excluding diaryl/α,β-unsaturated/α-hetero) is 1. The lowest BCUT2D eigenvalue weighted by molar-refractivity contribution is -0.113. The summed E-state index contributed by atoms with van der Waals surface area (Å²) < 4.78 is 0. The van der Waals surface area contributed by atoms with Crippen LogP contribution in [-0.4, -0.2) is 10.9 Å². The average molecular weight is 190 g/mol. The van der Waals surface area contributed by atoms with Gasteiger partial charge in [0.25, 0.3) is 0 Å². The van der Waals surface area contributed by atoms with Crippen molar-refractivity contribution in [1.82, 2.24) is 0 Å². The molecule has 0 bridgehead atoms. The minimum atomic E-state index is -0.327. The van der Waals surface area contributed by atoms with Gasteiger partial charge in [-0.1, -0.05) is 18.2 Å². The van der Waals surface area contributed by atoms with Crippen molar-refractivity contribution >= 4 is 11.5 Å². The van der Waals surface area contributed by atoms with Gasteiger partial charge in [-0.3, -0.25) is 4.79 Å². The molecule has 0 heterocycles. The van der Waals surface area contributed by atoms with Crippen molar-refractivity contribution in [1.29, 1.82) is 0 Å². The maximum atomic E-state index is 10.8. The van der Waals surface area contributed by atoms with Crippen molar-refractivity contribution in [2.24, 2.45) is 10.2 Å². The monoisotopic (exact) mass is 190 g/mol. The van der Waals surface area contributed by atoms with E-state index < -0.39 is 0 Å². The Kier molecular flexibility index (Phi) is 3.55. The second kappa shape index (κ2) is 4.91. The summed E-state index contributed by atoms with van der Waals surface area (Å²) in [6.45, 7) is 1.31. The summed E-state index contributed by atoms with van der Waals surface area (Å²) in [5.41, 5.74) is 0.571. The number of azo groups is 1. The fourth-order valence-electron chi connectivity index (χ4n) is 0.793. The fourth-order valence-corrected chi connectivity index (χ4v) is 0.793. The Bertz CT molecular complexity index is 369. The van der Waals surface area contributed by atoms with Gasteiger partial charge in [0, 0.05) is 6.92 Å². The predicted molar refractivity (Wildman–Crippen MR) is 52.4 cm³/mol. The maximum Gasteiger partial charge on any atom is 0.183 e. The van der Waals surface area contributed by atoms with Crippen LogP contribution in [0.1, 0.15) is 6.92 Å². The van der Waals surface area contributed by atoms with Crippen LogP contribution < -0.4 is 0 Å². The number of benzene rings is 1. The third kappa shape index (κ3) is 2.82. The lowest BCUT2D eigenvalue weighted by atomic mass is 10.3. The van der Waals surface area contributed by atoms with E-state index in [4.69, 9.17) is 5.11 Å². The molecule has 1 rings (SSSR count). The summed E-state index contributed by atoms with van der Waals surface area (Å²) in [6.07, 6.45) is 0.648. The molecule has 0 aliphatic carbocycles. The highest BCUT2D eigenvalue weighted by Gasteiger charge is 2.00. The number of carbonyl (C=O) groups is 1. The lowest BCUT2D eigenvalue weighted by Gasteiger charge is -1.92. The smallest absolute Gasteiger partial charge is 0.183 e. The van der Waals surface area contributed by atoms with E-state index >= 15 is 0 Å². The van der Waals surface area contributed by atoms with E-state index in [-0.39, 0.29) is 11.5 Å². The zero-order valence-electron chi connectivity index (χ0n) is 7.71. The lowest BCUT2D eigenvalue weighted by Crippen LogP contribution is -1.91. The summed E-state index contributed by atoms with van der Waals surface area (Å²) >= 11 is 0. The summed E-state index contributed by atoms with van der Waals surface area (Å²) in [7, 11) is 0. The van der Waals surface area contributed by atoms with Gasteiger partial charge in [-0.25, -0.2) is 0 Å². The first-order valence-corrected chi connectivity index (χ1v) is 4.06. The number of allylic oxidation sites excluding steroid dienone is 1. The molecule has 0 amide bonds. The zero-order chi connectivity index (χ0) is 10.4. The summed E-state index contributed by atoms with van der Waals surface area (Å²) in [5.74, 6) is -0.327. The number of nitrogens with zero attached hydrogens (tertiary/aromatic N) is 2. The van der Waals surface area contributed by atoms with Gasteiger partial charge in [0.1, 0.15) is 6.26 Å². The minimum absolute atomic E-state index is 0.0612. The van der Waals surface area contributed by atoms with Crippen LogP contribution in [0.5, 0.6) is 0 Å². The molecule has 4 nitrogen and oxygen atoms in total. The number of rotatable bonds is 3. The topological polar surface area (TPSA) is 62.0 Å². The second-order valence-electron chi connectivity index (χ2n) is 2.61. The van der Waals surface area contributed by atoms with Crippen molar-refractivity contribution in [3.05, 3.63) is 42.3 Å². The number of hydrogen-bond donors (Lipinski definition) is 1. The van der Waals surface area contributed by atoms with Crippen LogP contribution in [-0.2, 0) is 4.79 Å². The Morgan fingerprint density at radius 2 is 2.00 bits per heavy atom. The Morgan fingerprint density at radius 3 is 2.50 bits per heavy atom. The van der Waals surface area contributed by atoms with Gasteiger partial charge >= 0.3 is 0 Å². The largest absolute Gasteiger partial charge is 0.513 e. The second-order valence-corrected chi connectivity index (χ2v) is 2.61. The quantitative estimate of drug-likeness (QED) is 0.452. The predicted octanol–water partition coefficient (Wildman–Crippen LogP) is 2.76. The minimum Gasteiger partial charge on any atom is -0.513 e. The van der Waals surface area contributed by atoms with Crippen LogP contribution in [0, 0.1) is 0 Å². The van der Waals surface area contributed by atoms with Crippen LogP contribution in [0.3, 0.4) is 0 Å². The fraction of sp³-hybridized carbons (Fsp3) is 0.100. The zero-order valence-corrected chi connectivity index (χ0v) is 7.71. The maximum absolute atomic E-state index is 10.8. The Labute approximate surface area is 81.6 Å². The molecule has 1 aromatic carbocycles. The molecule has 1 aromatic rings. The van der Waals surface area contributed by atoms with E-state index in [0.717, 1.165) is 0 Å². The van der Waals surface area contributed by atoms with E-state index in [1.807, 2.05) is 18.2 Å². The molecular formula is C10H10N2O2. The molecule has 72 valence electrons. The molecular weight excluding hydrogens is 180 g/mol. The Balaban J connectivity index is 2.78. The van der Waals surface area contributed by atoms with Gasteiger partial charge in [-0.05, 0) is 12.1 Å². The van der Waals surface area contributed by atoms with Crippen molar-refractivity contribution < 1.29 is 9.90 Å². The standard InChI is InChI=1S/C10H10N2O2/c1-8(14)10(7-13)12-11-9-5-3-2-4-6-9/h2-7,13H,1H3. The van der Waals surface area contributed by atoms with Gasteiger partial charge in [0.15, 0.2) is 11.5 Å². The number of carbonyl (C=O) groups excluding carboxylic acids is 1. The number of aliphatic hydroxyl groups excluding tert-OH is 1. The highest BCUT2D eigenvalue weighted by molar-refractivity contribution is 5.92. The van der Waals surface area contributed by atoms with Gasteiger partial charge in [0.05, 0.1) is 5.69 Å². The summed E-state index contributed by atoms with van der Waals surface area (Å²) in [5, 5.41) is 16.0. The SMILES string of the molecule is CC(=O)C(=CO)N=Nc1ccccc1. The van der Waals surface area contributed by atoms with Crippen LogP contribution in [0.4, 0.5) is 5.69 Å². The summed E-state index contributed by atoms with van der Waals surface area (Å²) in [4.78, 5) is 10.8. The average Bonchev–Trinajstić information content (AvgIpc) is 2.20. The third-order valence-electron chi connectivity index (χ3n) is 1.51. The van der Waals surface area contributed by atoms with Crippen LogP contribution in [0.15, 0.2) is 52.5 Å². The molecule has 0 aliphatic rings. The normalized spacial score (nSPS) is 11.9. The van der Waals surface area contributed by atoms with Gasteiger partial charge in [-0.15, -0.1) is 5.11 Å². The third-order valence-corrected chi connectivity index (χ3v) is 1.51. The number of hydrogen-bond acceptors (Lipinski definition) is 4. The van der Waals surface area contributed by atoms with E-state index in [1.165, 1.54) is 6.92 Å². The molecule has 0 aliphatic heterocycles. The molecule has 1 N–H and O–H groups in total. The number of aliphatic hydroxyl groups is 1. The van der Waals surface area contributed by atoms with E-state index in [9.17, 15) is 4.79 Å². The van der Waals surface area contributed by atoms with E-state index in [2.05, 4.69) is 10.2 Å². The highest BCUT2D eigenvalue weighted by atomic mass is 16.2. The van der Waals surface area contributed by atoms with Crippen LogP contribution >= 0.6 is 0 Å². The molecule has 0 fully saturated rings. The molecule has 0 atom stereocenters. The first kappa shape index (κ1) is 10.1. The van der Waals surface area contributed by atoms with Crippen molar-refractivity contribution in [2.75, 3.05) is 0 Å². The molecule has 0 saturated carbocycles. The van der Waals surface area contributed by atoms with Crippen molar-refractivity contribution in [3.63, 3.8) is 0 Å². The number of ketones is 1. The van der Waals surface area contributed by atoms with E-state index in [0.29, 0.717) is 11.9 Å². The van der Waals surface area contributed by atoms with Gasteiger partial charge < -0.3 is 5.11 Å². The molecule has 4 heteroatoms.